The topological polar surface area (TPSA) is 59.6 Å². The highest BCUT2D eigenvalue weighted by Gasteiger charge is 2.06. The van der Waals surface area contributed by atoms with E-state index in [4.69, 9.17) is 9.47 Å². The van der Waals surface area contributed by atoms with Gasteiger partial charge in [0.25, 0.3) is 0 Å². The summed E-state index contributed by atoms with van der Waals surface area (Å²) in [5, 5.41) is 5.61. The largest absolute Gasteiger partial charge is 0.493 e. The molecule has 0 bridgehead atoms. The van der Waals surface area contributed by atoms with Gasteiger partial charge in [-0.1, -0.05) is 26.2 Å². The van der Waals surface area contributed by atoms with E-state index in [-0.39, 0.29) is 6.03 Å². The lowest BCUT2D eigenvalue weighted by Gasteiger charge is -2.11. The number of ether oxygens (including phenoxy) is 2. The minimum Gasteiger partial charge on any atom is -0.493 e. The van der Waals surface area contributed by atoms with Gasteiger partial charge in [-0.2, -0.15) is 0 Å². The van der Waals surface area contributed by atoms with Gasteiger partial charge in [0.15, 0.2) is 11.5 Å². The van der Waals surface area contributed by atoms with Gasteiger partial charge in [-0.3, -0.25) is 0 Å². The van der Waals surface area contributed by atoms with Gasteiger partial charge in [0.2, 0.25) is 0 Å². The van der Waals surface area contributed by atoms with Gasteiger partial charge in [0, 0.05) is 18.3 Å². The van der Waals surface area contributed by atoms with Crippen LogP contribution in [0.5, 0.6) is 11.5 Å². The summed E-state index contributed by atoms with van der Waals surface area (Å²) < 4.78 is 10.3. The first-order chi connectivity index (χ1) is 9.71. The van der Waals surface area contributed by atoms with Crippen LogP contribution in [0.25, 0.3) is 0 Å². The van der Waals surface area contributed by atoms with Crippen molar-refractivity contribution in [3.63, 3.8) is 0 Å². The zero-order valence-corrected chi connectivity index (χ0v) is 12.5. The molecule has 0 spiro atoms. The van der Waals surface area contributed by atoms with Gasteiger partial charge >= 0.3 is 6.03 Å². The summed E-state index contributed by atoms with van der Waals surface area (Å²) in [5.74, 6) is 1.23. The van der Waals surface area contributed by atoms with Crippen molar-refractivity contribution in [2.75, 3.05) is 26.1 Å². The normalized spacial score (nSPS) is 9.95. The summed E-state index contributed by atoms with van der Waals surface area (Å²) >= 11 is 0. The molecule has 1 aromatic carbocycles. The summed E-state index contributed by atoms with van der Waals surface area (Å²) in [7, 11) is 3.14. The number of anilines is 1. The van der Waals surface area contributed by atoms with Gasteiger partial charge in [-0.05, 0) is 18.6 Å². The Morgan fingerprint density at radius 1 is 1.10 bits per heavy atom. The summed E-state index contributed by atoms with van der Waals surface area (Å²) in [6.45, 7) is 2.86. The number of amides is 2. The molecule has 20 heavy (non-hydrogen) atoms. The van der Waals surface area contributed by atoms with Gasteiger partial charge in [0.05, 0.1) is 14.2 Å². The van der Waals surface area contributed by atoms with Crippen LogP contribution in [0.1, 0.15) is 32.6 Å². The lowest BCUT2D eigenvalue weighted by Crippen LogP contribution is -2.29. The lowest BCUT2D eigenvalue weighted by molar-refractivity contribution is 0.252. The molecule has 0 heterocycles. The Labute approximate surface area is 120 Å². The molecule has 0 unspecified atom stereocenters. The number of carbonyl (C=O) groups excluding carboxylic acids is 1. The van der Waals surface area contributed by atoms with E-state index in [1.54, 1.807) is 32.4 Å². The second-order valence-electron chi connectivity index (χ2n) is 4.51. The molecular weight excluding hydrogens is 256 g/mol. The Bertz CT molecular complexity index is 422. The van der Waals surface area contributed by atoms with Crippen molar-refractivity contribution in [1.82, 2.24) is 5.32 Å². The minimum absolute atomic E-state index is 0.200. The third-order valence-corrected chi connectivity index (χ3v) is 2.96. The number of rotatable bonds is 8. The minimum atomic E-state index is -0.200. The van der Waals surface area contributed by atoms with Crippen LogP contribution in [-0.4, -0.2) is 26.8 Å². The maximum absolute atomic E-state index is 11.7. The number of hydrogen-bond acceptors (Lipinski definition) is 3. The van der Waals surface area contributed by atoms with Crippen LogP contribution in [0.3, 0.4) is 0 Å². The standard InChI is InChI=1S/C15H24N2O3/c1-4-5-6-7-10-16-15(18)17-12-8-9-13(19-2)14(11-12)20-3/h8-9,11H,4-7,10H2,1-3H3,(H2,16,17,18). The van der Waals surface area contributed by atoms with E-state index >= 15 is 0 Å². The molecule has 0 radical (unpaired) electrons. The zero-order chi connectivity index (χ0) is 14.8. The molecule has 0 aliphatic carbocycles. The predicted octanol–water partition coefficient (Wildman–Crippen LogP) is 3.41. The van der Waals surface area contributed by atoms with Gasteiger partial charge in [0.1, 0.15) is 0 Å². The first kappa shape index (κ1) is 16.1. The number of carbonyl (C=O) groups is 1. The van der Waals surface area contributed by atoms with Crippen molar-refractivity contribution in [3.8, 4) is 11.5 Å². The van der Waals surface area contributed by atoms with Crippen LogP contribution in [-0.2, 0) is 0 Å². The first-order valence-corrected chi connectivity index (χ1v) is 6.98. The van der Waals surface area contributed by atoms with Gasteiger partial charge in [-0.15, -0.1) is 0 Å². The molecule has 1 rings (SSSR count). The molecule has 1 aromatic rings. The molecule has 2 N–H and O–H groups in total. The fraction of sp³-hybridized carbons (Fsp3) is 0.533. The molecule has 5 nitrogen and oxygen atoms in total. The maximum atomic E-state index is 11.7. The molecule has 0 aliphatic rings. The van der Waals surface area contributed by atoms with Crippen molar-refractivity contribution >= 4 is 11.7 Å². The Morgan fingerprint density at radius 2 is 1.85 bits per heavy atom. The van der Waals surface area contributed by atoms with E-state index in [1.807, 2.05) is 0 Å². The molecule has 2 amide bonds. The average Bonchev–Trinajstić information content (AvgIpc) is 2.46. The van der Waals surface area contributed by atoms with Crippen LogP contribution in [0, 0.1) is 0 Å². The molecule has 0 fully saturated rings. The highest BCUT2D eigenvalue weighted by molar-refractivity contribution is 5.89. The second kappa shape index (κ2) is 9.07. The molecule has 0 saturated heterocycles. The summed E-state index contributed by atoms with van der Waals surface area (Å²) in [6.07, 6.45) is 4.55. The molecular formula is C15H24N2O3. The van der Waals surface area contributed by atoms with E-state index in [0.717, 1.165) is 12.8 Å². The monoisotopic (exact) mass is 280 g/mol. The fourth-order valence-electron chi connectivity index (χ4n) is 1.84. The third kappa shape index (κ3) is 5.38. The van der Waals surface area contributed by atoms with Crippen molar-refractivity contribution < 1.29 is 14.3 Å². The number of benzene rings is 1. The average molecular weight is 280 g/mol. The Kier molecular flexibility index (Phi) is 7.32. The number of nitrogens with one attached hydrogen (secondary N) is 2. The summed E-state index contributed by atoms with van der Waals surface area (Å²) in [6, 6.07) is 5.07. The van der Waals surface area contributed by atoms with E-state index in [1.165, 1.54) is 12.8 Å². The number of methoxy groups -OCH3 is 2. The number of hydrogen-bond donors (Lipinski definition) is 2. The Balaban J connectivity index is 2.41. The van der Waals surface area contributed by atoms with E-state index in [0.29, 0.717) is 23.7 Å². The van der Waals surface area contributed by atoms with E-state index in [9.17, 15) is 4.79 Å². The van der Waals surface area contributed by atoms with Crippen LogP contribution in [0.2, 0.25) is 0 Å². The zero-order valence-electron chi connectivity index (χ0n) is 12.5. The van der Waals surface area contributed by atoms with Crippen molar-refractivity contribution in [2.24, 2.45) is 0 Å². The highest BCUT2D eigenvalue weighted by Crippen LogP contribution is 2.29. The summed E-state index contributed by atoms with van der Waals surface area (Å²) in [4.78, 5) is 11.7. The summed E-state index contributed by atoms with van der Waals surface area (Å²) in [5.41, 5.74) is 0.675. The Hall–Kier alpha value is -1.91. The van der Waals surface area contributed by atoms with E-state index < -0.39 is 0 Å². The molecule has 0 saturated carbocycles. The molecule has 112 valence electrons. The number of urea groups is 1. The lowest BCUT2D eigenvalue weighted by atomic mass is 10.2. The second-order valence-corrected chi connectivity index (χ2v) is 4.51. The predicted molar refractivity (Wildman–Crippen MR) is 80.7 cm³/mol. The maximum Gasteiger partial charge on any atom is 0.319 e. The fourth-order valence-corrected chi connectivity index (χ4v) is 1.84. The molecule has 0 aliphatic heterocycles. The van der Waals surface area contributed by atoms with Crippen molar-refractivity contribution in [1.29, 1.82) is 0 Å². The highest BCUT2D eigenvalue weighted by atomic mass is 16.5. The van der Waals surface area contributed by atoms with Crippen LogP contribution >= 0.6 is 0 Å². The van der Waals surface area contributed by atoms with Crippen LogP contribution < -0.4 is 20.1 Å². The van der Waals surface area contributed by atoms with Gasteiger partial charge in [-0.25, -0.2) is 4.79 Å². The third-order valence-electron chi connectivity index (χ3n) is 2.96. The molecule has 0 aromatic heterocycles. The van der Waals surface area contributed by atoms with Gasteiger partial charge < -0.3 is 20.1 Å². The molecule has 5 heteroatoms. The Morgan fingerprint density at radius 3 is 2.50 bits per heavy atom. The molecule has 0 atom stereocenters. The SMILES string of the molecule is CCCCCCNC(=O)Nc1ccc(OC)c(OC)c1. The van der Waals surface area contributed by atoms with Crippen LogP contribution in [0.4, 0.5) is 10.5 Å². The number of unbranched alkanes of at least 4 members (excludes halogenated alkanes) is 3. The van der Waals surface area contributed by atoms with Crippen molar-refractivity contribution in [3.05, 3.63) is 18.2 Å². The first-order valence-electron chi connectivity index (χ1n) is 6.98. The van der Waals surface area contributed by atoms with Crippen LogP contribution in [0.15, 0.2) is 18.2 Å². The smallest absolute Gasteiger partial charge is 0.319 e. The quantitative estimate of drug-likeness (QED) is 0.717. The van der Waals surface area contributed by atoms with Crippen molar-refractivity contribution in [2.45, 2.75) is 32.6 Å². The van der Waals surface area contributed by atoms with E-state index in [2.05, 4.69) is 17.6 Å².